The normalized spacial score (nSPS) is 14.8. The van der Waals surface area contributed by atoms with Gasteiger partial charge in [-0.05, 0) is 46.2 Å². The lowest BCUT2D eigenvalue weighted by atomic mass is 10.1. The van der Waals surface area contributed by atoms with E-state index in [2.05, 4.69) is 32.6 Å². The van der Waals surface area contributed by atoms with Crippen LogP contribution in [0.5, 0.6) is 0 Å². The Bertz CT molecular complexity index is 556. The SMILES string of the molecule is Cc1cccc2c1N(CCN(C(C)C)C(C)C)C(=O)C2=O. The second kappa shape index (κ2) is 5.98. The first kappa shape index (κ1) is 15.7. The molecule has 0 aliphatic carbocycles. The minimum Gasteiger partial charge on any atom is -0.303 e. The van der Waals surface area contributed by atoms with Gasteiger partial charge in [-0.25, -0.2) is 0 Å². The molecular formula is C17H24N2O2. The number of hydrogen-bond donors (Lipinski definition) is 0. The van der Waals surface area contributed by atoms with Crippen molar-refractivity contribution in [2.45, 2.75) is 46.7 Å². The molecule has 0 N–H and O–H groups in total. The summed E-state index contributed by atoms with van der Waals surface area (Å²) >= 11 is 0. The van der Waals surface area contributed by atoms with E-state index < -0.39 is 5.91 Å². The third-order valence-corrected chi connectivity index (χ3v) is 4.10. The molecule has 0 fully saturated rings. The molecule has 0 saturated heterocycles. The van der Waals surface area contributed by atoms with Gasteiger partial charge in [-0.3, -0.25) is 14.5 Å². The average Bonchev–Trinajstić information content (AvgIpc) is 2.64. The van der Waals surface area contributed by atoms with Crippen molar-refractivity contribution in [1.82, 2.24) is 4.90 Å². The topological polar surface area (TPSA) is 40.6 Å². The fraction of sp³-hybridized carbons (Fsp3) is 0.529. The highest BCUT2D eigenvalue weighted by atomic mass is 16.2. The van der Waals surface area contributed by atoms with Crippen molar-refractivity contribution >= 4 is 17.4 Å². The summed E-state index contributed by atoms with van der Waals surface area (Å²) < 4.78 is 0. The number of fused-ring (bicyclic) bond motifs is 1. The molecule has 1 aromatic carbocycles. The predicted molar refractivity (Wildman–Crippen MR) is 84.8 cm³/mol. The number of carbonyl (C=O) groups is 2. The van der Waals surface area contributed by atoms with Gasteiger partial charge < -0.3 is 4.90 Å². The standard InChI is InChI=1S/C17H24N2O2/c1-11(2)18(12(3)4)9-10-19-15-13(5)7-6-8-14(15)16(20)17(19)21/h6-8,11-12H,9-10H2,1-5H3. The first-order valence-electron chi connectivity index (χ1n) is 7.56. The summed E-state index contributed by atoms with van der Waals surface area (Å²) in [6, 6.07) is 6.34. The number of para-hydroxylation sites is 1. The molecule has 1 aromatic rings. The molecule has 1 heterocycles. The Hall–Kier alpha value is -1.68. The molecule has 4 heteroatoms. The number of anilines is 1. The van der Waals surface area contributed by atoms with Crippen LogP contribution in [0.15, 0.2) is 18.2 Å². The second-order valence-electron chi connectivity index (χ2n) is 6.18. The van der Waals surface area contributed by atoms with Crippen LogP contribution in [-0.4, -0.2) is 41.8 Å². The number of Topliss-reactive ketones (excluding diaryl/α,β-unsaturated/α-hetero) is 1. The van der Waals surface area contributed by atoms with E-state index in [-0.39, 0.29) is 5.78 Å². The summed E-state index contributed by atoms with van der Waals surface area (Å²) in [5, 5.41) is 0. The lowest BCUT2D eigenvalue weighted by Gasteiger charge is -2.32. The summed E-state index contributed by atoms with van der Waals surface area (Å²) in [4.78, 5) is 28.3. The minimum atomic E-state index is -0.397. The number of rotatable bonds is 5. The van der Waals surface area contributed by atoms with Crippen molar-refractivity contribution in [1.29, 1.82) is 0 Å². The summed E-state index contributed by atoms with van der Waals surface area (Å²) in [6.07, 6.45) is 0. The van der Waals surface area contributed by atoms with E-state index in [4.69, 9.17) is 0 Å². The Morgan fingerprint density at radius 1 is 1.10 bits per heavy atom. The highest BCUT2D eigenvalue weighted by Crippen LogP contribution is 2.32. The minimum absolute atomic E-state index is 0.380. The largest absolute Gasteiger partial charge is 0.303 e. The number of amides is 1. The van der Waals surface area contributed by atoms with Crippen LogP contribution in [0.3, 0.4) is 0 Å². The predicted octanol–water partition coefficient (Wildman–Crippen LogP) is 2.64. The molecule has 0 atom stereocenters. The molecule has 0 spiro atoms. The third-order valence-electron chi connectivity index (χ3n) is 4.10. The second-order valence-corrected chi connectivity index (χ2v) is 6.18. The van der Waals surface area contributed by atoms with E-state index >= 15 is 0 Å². The third kappa shape index (κ3) is 2.86. The van der Waals surface area contributed by atoms with E-state index in [1.165, 1.54) is 0 Å². The van der Waals surface area contributed by atoms with Crippen LogP contribution < -0.4 is 4.90 Å². The van der Waals surface area contributed by atoms with E-state index in [9.17, 15) is 9.59 Å². The first-order chi connectivity index (χ1) is 9.84. The van der Waals surface area contributed by atoms with E-state index in [0.29, 0.717) is 24.2 Å². The maximum atomic E-state index is 12.2. The van der Waals surface area contributed by atoms with Gasteiger partial charge in [-0.2, -0.15) is 0 Å². The average molecular weight is 288 g/mol. The Morgan fingerprint density at radius 3 is 2.29 bits per heavy atom. The van der Waals surface area contributed by atoms with E-state index in [0.717, 1.165) is 17.8 Å². The lowest BCUT2D eigenvalue weighted by molar-refractivity contribution is -0.114. The van der Waals surface area contributed by atoms with Gasteiger partial charge in [0.1, 0.15) is 0 Å². The van der Waals surface area contributed by atoms with Crippen molar-refractivity contribution in [2.75, 3.05) is 18.0 Å². The van der Waals surface area contributed by atoms with Gasteiger partial charge in [0.25, 0.3) is 11.7 Å². The van der Waals surface area contributed by atoms with Gasteiger partial charge in [0.2, 0.25) is 0 Å². The Morgan fingerprint density at radius 2 is 1.71 bits per heavy atom. The zero-order chi connectivity index (χ0) is 15.7. The molecule has 114 valence electrons. The highest BCUT2D eigenvalue weighted by molar-refractivity contribution is 6.52. The molecule has 1 aliphatic heterocycles. The molecule has 0 radical (unpaired) electrons. The molecule has 0 saturated carbocycles. The fourth-order valence-electron chi connectivity index (χ4n) is 3.08. The van der Waals surface area contributed by atoms with Gasteiger partial charge in [-0.15, -0.1) is 0 Å². The van der Waals surface area contributed by atoms with E-state index in [1.807, 2.05) is 19.1 Å². The molecule has 0 unspecified atom stereocenters. The van der Waals surface area contributed by atoms with Crippen LogP contribution >= 0.6 is 0 Å². The number of carbonyl (C=O) groups excluding carboxylic acids is 2. The zero-order valence-corrected chi connectivity index (χ0v) is 13.5. The van der Waals surface area contributed by atoms with Crippen LogP contribution in [0.1, 0.15) is 43.6 Å². The first-order valence-corrected chi connectivity index (χ1v) is 7.56. The van der Waals surface area contributed by atoms with Crippen molar-refractivity contribution in [3.05, 3.63) is 29.3 Å². The summed E-state index contributed by atoms with van der Waals surface area (Å²) in [6.45, 7) is 11.9. The van der Waals surface area contributed by atoms with Gasteiger partial charge in [-0.1, -0.05) is 12.1 Å². The highest BCUT2D eigenvalue weighted by Gasteiger charge is 2.36. The zero-order valence-electron chi connectivity index (χ0n) is 13.5. The van der Waals surface area contributed by atoms with Crippen molar-refractivity contribution in [3.8, 4) is 0 Å². The van der Waals surface area contributed by atoms with Gasteiger partial charge in [0.05, 0.1) is 11.3 Å². The van der Waals surface area contributed by atoms with Crippen LogP contribution in [0.4, 0.5) is 5.69 Å². The molecule has 1 aliphatic rings. The fourth-order valence-corrected chi connectivity index (χ4v) is 3.08. The smallest absolute Gasteiger partial charge is 0.299 e. The molecule has 0 aromatic heterocycles. The molecule has 0 bridgehead atoms. The number of benzene rings is 1. The van der Waals surface area contributed by atoms with Crippen LogP contribution in [0.2, 0.25) is 0 Å². The van der Waals surface area contributed by atoms with Gasteiger partial charge in [0, 0.05) is 25.2 Å². The van der Waals surface area contributed by atoms with E-state index in [1.54, 1.807) is 11.0 Å². The van der Waals surface area contributed by atoms with Crippen molar-refractivity contribution in [3.63, 3.8) is 0 Å². The molecule has 21 heavy (non-hydrogen) atoms. The Kier molecular flexibility index (Phi) is 4.47. The van der Waals surface area contributed by atoms with Crippen molar-refractivity contribution in [2.24, 2.45) is 0 Å². The Balaban J connectivity index is 2.22. The Labute approximate surface area is 126 Å². The molecule has 4 nitrogen and oxygen atoms in total. The summed E-state index contributed by atoms with van der Waals surface area (Å²) in [7, 11) is 0. The molecule has 2 rings (SSSR count). The van der Waals surface area contributed by atoms with Crippen LogP contribution in [-0.2, 0) is 4.79 Å². The van der Waals surface area contributed by atoms with Gasteiger partial charge in [0.15, 0.2) is 0 Å². The summed E-state index contributed by atoms with van der Waals surface area (Å²) in [5.74, 6) is -0.777. The van der Waals surface area contributed by atoms with Gasteiger partial charge >= 0.3 is 0 Å². The maximum Gasteiger partial charge on any atom is 0.299 e. The number of ketones is 1. The maximum absolute atomic E-state index is 12.2. The van der Waals surface area contributed by atoms with Crippen LogP contribution in [0.25, 0.3) is 0 Å². The molecule has 1 amide bonds. The van der Waals surface area contributed by atoms with Crippen molar-refractivity contribution < 1.29 is 9.59 Å². The number of hydrogen-bond acceptors (Lipinski definition) is 3. The monoisotopic (exact) mass is 288 g/mol. The molecular weight excluding hydrogens is 264 g/mol. The number of nitrogens with zero attached hydrogens (tertiary/aromatic N) is 2. The van der Waals surface area contributed by atoms with Crippen LogP contribution in [0, 0.1) is 6.92 Å². The lowest BCUT2D eigenvalue weighted by Crippen LogP contribution is -2.44. The summed E-state index contributed by atoms with van der Waals surface area (Å²) in [5.41, 5.74) is 2.31. The number of aryl methyl sites for hydroxylation is 1. The quantitative estimate of drug-likeness (QED) is 0.782.